The van der Waals surface area contributed by atoms with E-state index in [0.717, 1.165) is 0 Å². The van der Waals surface area contributed by atoms with Gasteiger partial charge in [0.25, 0.3) is 0 Å². The summed E-state index contributed by atoms with van der Waals surface area (Å²) in [6.45, 7) is 0. The van der Waals surface area contributed by atoms with Gasteiger partial charge in [-0.3, -0.25) is 4.57 Å². The van der Waals surface area contributed by atoms with Gasteiger partial charge in [-0.25, -0.2) is 0 Å². The molecule has 64 valence electrons. The maximum Gasteiger partial charge on any atom is 4.00 e. The molecule has 0 radical (unpaired) electrons. The molecule has 0 aliphatic rings. The monoisotopic (exact) mass is 412 g/mol. The van der Waals surface area contributed by atoms with Crippen molar-refractivity contribution in [2.24, 2.45) is 0 Å². The summed E-state index contributed by atoms with van der Waals surface area (Å²) in [5, 5.41) is -3.22. The molecule has 10 heavy (non-hydrogen) atoms. The molecule has 0 atom stereocenters. The summed E-state index contributed by atoms with van der Waals surface area (Å²) >= 11 is 13.8. The van der Waals surface area contributed by atoms with E-state index < -0.39 is 5.20 Å². The molecule has 0 N–H and O–H groups in total. The maximum atomic E-state index is 9.51. The van der Waals surface area contributed by atoms with E-state index in [1.807, 2.05) is 0 Å². The van der Waals surface area contributed by atoms with Crippen LogP contribution in [-0.2, 0) is 4.57 Å². The van der Waals surface area contributed by atoms with Crippen molar-refractivity contribution in [3.05, 3.63) is 0 Å². The van der Waals surface area contributed by atoms with Gasteiger partial charge in [0.15, 0.2) is 0 Å². The summed E-state index contributed by atoms with van der Waals surface area (Å²) in [6, 6.07) is 0. The molecule has 0 aliphatic carbocycles. The Morgan fingerprint density at radius 2 is 0.800 bits per heavy atom. The van der Waals surface area contributed by atoms with Gasteiger partial charge in [0.05, 0.1) is 0 Å². The molecular weight excluding hydrogens is 414 g/mol. The van der Waals surface area contributed by atoms with Gasteiger partial charge in [-0.15, -0.1) is 0 Å². The van der Waals surface area contributed by atoms with Gasteiger partial charge in [0.2, 0.25) is 0 Å². The Bertz CT molecular complexity index is 59.7. The van der Waals surface area contributed by atoms with Crippen molar-refractivity contribution in [1.29, 1.82) is 0 Å². The van der Waals surface area contributed by atoms with E-state index in [1.54, 1.807) is 0 Å². The second kappa shape index (κ2) is 18.0. The number of hydrogen-bond acceptors (Lipinski definition) is 1. The minimum Gasteiger partial charge on any atom is -1.00 e. The molecule has 0 unspecified atom stereocenters. The van der Waals surface area contributed by atoms with Crippen LogP contribution in [0.25, 0.3) is 0 Å². The number of rotatable bonds is 0. The van der Waals surface area contributed by atoms with Crippen molar-refractivity contribution in [2.75, 3.05) is 0 Å². The molecule has 0 aromatic rings. The van der Waals surface area contributed by atoms with Crippen molar-refractivity contribution in [2.45, 2.75) is 0 Å². The second-order valence-electron chi connectivity index (χ2n) is 0.399. The summed E-state index contributed by atoms with van der Waals surface area (Å²) in [4.78, 5) is 0. The van der Waals surface area contributed by atoms with Crippen LogP contribution in [0.2, 0.25) is 0 Å². The van der Waals surface area contributed by atoms with Crippen molar-refractivity contribution in [1.82, 2.24) is 0 Å². The zero-order valence-electron chi connectivity index (χ0n) is 4.00. The van der Waals surface area contributed by atoms with Crippen molar-refractivity contribution < 1.29 is 54.2 Å². The third-order valence-electron chi connectivity index (χ3n) is 0. The van der Waals surface area contributed by atoms with Crippen LogP contribution in [0.4, 0.5) is 0 Å². The van der Waals surface area contributed by atoms with Crippen LogP contribution in [0.15, 0.2) is 0 Å². The SMILES string of the molecule is O=P(Cl)(Cl)Cl.[Cl-].[Cl-].[Cl-].[Cl-].[Sn+4]. The normalized spacial score (nSPS) is 5.90. The Labute approximate surface area is 116 Å². The fourth-order valence-corrected chi connectivity index (χ4v) is 0. The van der Waals surface area contributed by atoms with Gasteiger partial charge in [0, 0.05) is 0 Å². The molecule has 0 rings (SSSR count). The Morgan fingerprint density at radius 3 is 0.800 bits per heavy atom. The molecule has 0 heterocycles. The van der Waals surface area contributed by atoms with Crippen LogP contribution in [0.3, 0.4) is 0 Å². The van der Waals surface area contributed by atoms with E-state index in [2.05, 4.69) is 33.7 Å². The number of hydrogen-bond donors (Lipinski definition) is 0. The Hall–Kier alpha value is 3.06. The van der Waals surface area contributed by atoms with Gasteiger partial charge in [0.1, 0.15) is 0 Å². The Kier molecular flexibility index (Phi) is 68.5. The first-order valence-electron chi connectivity index (χ1n) is 0.690. The van der Waals surface area contributed by atoms with Crippen molar-refractivity contribution in [3.8, 4) is 0 Å². The van der Waals surface area contributed by atoms with E-state index in [0.29, 0.717) is 0 Å². The first kappa shape index (κ1) is 38.1. The fourth-order valence-electron chi connectivity index (χ4n) is 0. The van der Waals surface area contributed by atoms with E-state index in [9.17, 15) is 4.57 Å². The zero-order chi connectivity index (χ0) is 4.50. The molecule has 0 spiro atoms. The van der Waals surface area contributed by atoms with E-state index in [1.165, 1.54) is 0 Å². The summed E-state index contributed by atoms with van der Waals surface area (Å²) in [7, 11) is 0. The first-order valence-corrected chi connectivity index (χ1v) is 5.11. The average molecular weight is 414 g/mol. The van der Waals surface area contributed by atoms with Gasteiger partial charge in [-0.2, -0.15) is 0 Å². The van der Waals surface area contributed by atoms with E-state index >= 15 is 0 Å². The molecular formula is Cl7OPSn. The largest absolute Gasteiger partial charge is 4.00 e. The predicted molar refractivity (Wildman–Crippen MR) is 30.9 cm³/mol. The second-order valence-corrected chi connectivity index (χ2v) is 7.04. The maximum absolute atomic E-state index is 9.51. The molecule has 0 aromatic carbocycles. The van der Waals surface area contributed by atoms with Crippen LogP contribution in [0.5, 0.6) is 0 Å². The number of halogens is 7. The molecule has 0 saturated heterocycles. The van der Waals surface area contributed by atoms with Crippen LogP contribution in [0, 0.1) is 0 Å². The molecule has 0 aromatic heterocycles. The summed E-state index contributed by atoms with van der Waals surface area (Å²) < 4.78 is 9.51. The molecule has 1 nitrogen and oxygen atoms in total. The van der Waals surface area contributed by atoms with E-state index in [-0.39, 0.29) is 73.5 Å². The summed E-state index contributed by atoms with van der Waals surface area (Å²) in [5.74, 6) is 0. The third kappa shape index (κ3) is 120. The molecule has 10 heteroatoms. The molecule has 0 aliphatic heterocycles. The van der Waals surface area contributed by atoms with Crippen molar-refractivity contribution in [3.63, 3.8) is 0 Å². The average Bonchev–Trinajstić information content (AvgIpc) is 0.722. The van der Waals surface area contributed by atoms with Crippen LogP contribution in [0.1, 0.15) is 0 Å². The van der Waals surface area contributed by atoms with Gasteiger partial charge < -0.3 is 49.6 Å². The fraction of sp³-hybridized carbons (Fsp3) is 0. The van der Waals surface area contributed by atoms with Gasteiger partial charge in [-0.05, 0) is 33.7 Å². The first-order chi connectivity index (χ1) is 2.00. The summed E-state index contributed by atoms with van der Waals surface area (Å²) in [5.41, 5.74) is 0. The standard InChI is InChI=1S/Cl3OP.4ClH.Sn/c1-5(2,3)4;;;;;/h;4*1H;/q;;;;;+4/p-4. The predicted octanol–water partition coefficient (Wildman–Crippen LogP) is -9.55. The van der Waals surface area contributed by atoms with Gasteiger partial charge in [-0.1, -0.05) is 0 Å². The summed E-state index contributed by atoms with van der Waals surface area (Å²) in [6.07, 6.45) is 0. The Balaban J connectivity index is -0.00000000800. The molecule has 0 bridgehead atoms. The topological polar surface area (TPSA) is 17.1 Å². The quantitative estimate of drug-likeness (QED) is 0.285. The molecule has 0 saturated carbocycles. The van der Waals surface area contributed by atoms with Crippen LogP contribution in [-0.4, -0.2) is 23.9 Å². The molecule has 0 amide bonds. The van der Waals surface area contributed by atoms with Crippen LogP contribution < -0.4 is 49.6 Å². The molecule has 0 fully saturated rings. The van der Waals surface area contributed by atoms with Gasteiger partial charge >= 0.3 is 29.1 Å². The van der Waals surface area contributed by atoms with Crippen LogP contribution >= 0.6 is 38.9 Å². The minimum absolute atomic E-state index is 0. The zero-order valence-corrected chi connectivity index (χ0v) is 13.0. The third-order valence-corrected chi connectivity index (χ3v) is 0. The minimum atomic E-state index is -3.22. The Morgan fingerprint density at radius 1 is 0.800 bits per heavy atom. The van der Waals surface area contributed by atoms with E-state index in [4.69, 9.17) is 0 Å². The smallest absolute Gasteiger partial charge is 1.00 e. The van der Waals surface area contributed by atoms with Crippen molar-refractivity contribution >= 4 is 62.8 Å².